The van der Waals surface area contributed by atoms with Crippen LogP contribution in [0.2, 0.25) is 25.7 Å². The van der Waals surface area contributed by atoms with Crippen molar-refractivity contribution < 1.29 is 14.4 Å². The summed E-state index contributed by atoms with van der Waals surface area (Å²) in [7, 11) is -1.22. The number of nitrogen functional groups attached to an aromatic ring is 1. The van der Waals surface area contributed by atoms with Gasteiger partial charge in [0.25, 0.3) is 0 Å². The zero-order valence-electron chi connectivity index (χ0n) is 11.9. The summed E-state index contributed by atoms with van der Waals surface area (Å²) >= 11 is 0. The predicted molar refractivity (Wildman–Crippen MR) is 80.2 cm³/mol. The van der Waals surface area contributed by atoms with Gasteiger partial charge in [0.15, 0.2) is 0 Å². The minimum atomic E-state index is -1.22. The van der Waals surface area contributed by atoms with Crippen LogP contribution in [0.1, 0.15) is 0 Å². The Balaban J connectivity index is 1.98. The maximum absolute atomic E-state index is 11.6. The zero-order valence-corrected chi connectivity index (χ0v) is 12.9. The highest BCUT2D eigenvalue weighted by Gasteiger charge is 2.15. The molecule has 2 rings (SSSR count). The first kappa shape index (κ1) is 14.4. The molecule has 0 radical (unpaired) electrons. The number of hydrogen-bond donors (Lipinski definition) is 1. The highest BCUT2D eigenvalue weighted by molar-refractivity contribution is 6.76. The number of carbonyl (C=O) groups excluding carboxylic acids is 1. The Labute approximate surface area is 118 Å². The van der Waals surface area contributed by atoms with Crippen LogP contribution in [0, 0.1) is 0 Å². The van der Waals surface area contributed by atoms with Gasteiger partial charge in [-0.15, -0.1) is 0 Å². The molecule has 7 heteroatoms. The second-order valence-electron chi connectivity index (χ2n) is 5.82. The van der Waals surface area contributed by atoms with Crippen molar-refractivity contribution >= 4 is 31.0 Å². The Hall–Kier alpha value is -2.02. The van der Waals surface area contributed by atoms with Crippen LogP contribution in [0.3, 0.4) is 0 Å². The maximum atomic E-state index is 11.6. The number of rotatable bonds is 4. The lowest BCUT2D eigenvalue weighted by Crippen LogP contribution is -2.25. The number of anilines is 1. The molecule has 0 atom stereocenters. The number of aromatic nitrogens is 2. The quantitative estimate of drug-likeness (QED) is 0.532. The molecule has 0 aliphatic heterocycles. The van der Waals surface area contributed by atoms with E-state index < -0.39 is 14.2 Å². The lowest BCUT2D eigenvalue weighted by molar-refractivity contribution is 0.0545. The number of benzene rings is 1. The maximum Gasteiger partial charge on any atom is 0.533 e. The smallest absolute Gasteiger partial charge is 0.433 e. The van der Waals surface area contributed by atoms with Gasteiger partial charge in [-0.25, -0.2) is 9.78 Å². The molecule has 1 aromatic heterocycles. The molecular formula is C13H19N3O3Si. The first-order valence-corrected chi connectivity index (χ1v) is 10.1. The molecular weight excluding hydrogens is 274 g/mol. The van der Waals surface area contributed by atoms with Crippen molar-refractivity contribution in [3.8, 4) is 0 Å². The van der Waals surface area contributed by atoms with Crippen LogP contribution >= 0.6 is 0 Å². The van der Waals surface area contributed by atoms with Gasteiger partial charge in [-0.05, 0) is 24.2 Å². The molecule has 0 fully saturated rings. The van der Waals surface area contributed by atoms with E-state index in [1.165, 1.54) is 11.1 Å². The molecule has 2 aromatic rings. The van der Waals surface area contributed by atoms with Crippen LogP contribution in [-0.4, -0.2) is 30.6 Å². The fraction of sp³-hybridized carbons (Fsp3) is 0.385. The summed E-state index contributed by atoms with van der Waals surface area (Å²) in [5, 5.41) is 0. The van der Waals surface area contributed by atoms with E-state index in [0.717, 1.165) is 6.04 Å². The highest BCUT2D eigenvalue weighted by atomic mass is 28.3. The van der Waals surface area contributed by atoms with Crippen molar-refractivity contribution in [1.82, 2.24) is 9.71 Å². The molecule has 1 aromatic carbocycles. The Bertz CT molecular complexity index is 619. The Morgan fingerprint density at radius 3 is 2.85 bits per heavy atom. The molecule has 0 saturated heterocycles. The normalized spacial score (nSPS) is 11.6. The fourth-order valence-corrected chi connectivity index (χ4v) is 2.34. The summed E-state index contributed by atoms with van der Waals surface area (Å²) in [5.41, 5.74) is 7.62. The Morgan fingerprint density at radius 1 is 1.40 bits per heavy atom. The predicted octanol–water partition coefficient (Wildman–Crippen LogP) is 2.52. The van der Waals surface area contributed by atoms with Crippen LogP contribution in [0.4, 0.5) is 10.5 Å². The summed E-state index contributed by atoms with van der Waals surface area (Å²) in [6.45, 7) is 7.03. The van der Waals surface area contributed by atoms with Crippen molar-refractivity contribution in [2.45, 2.75) is 25.7 Å². The topological polar surface area (TPSA) is 79.4 Å². The minimum Gasteiger partial charge on any atom is -0.433 e. The van der Waals surface area contributed by atoms with E-state index in [4.69, 9.17) is 15.3 Å². The van der Waals surface area contributed by atoms with Gasteiger partial charge in [0.2, 0.25) is 0 Å². The lowest BCUT2D eigenvalue weighted by atomic mass is 10.3. The summed E-state index contributed by atoms with van der Waals surface area (Å²) in [4.78, 5) is 20.8. The summed E-state index contributed by atoms with van der Waals surface area (Å²) in [6, 6.07) is 6.10. The van der Waals surface area contributed by atoms with Gasteiger partial charge in [0.05, 0.1) is 12.1 Å². The standard InChI is InChI=1S/C13H19N3O3Si/c1-20(2,3)7-6-18-13(17)19-16-9-15-11-5-4-10(14)8-12(11)16/h4-5,8-9H,6-7,14H2,1-3H3. The first-order valence-electron chi connectivity index (χ1n) is 6.43. The Kier molecular flexibility index (Phi) is 3.98. The molecule has 108 valence electrons. The van der Waals surface area contributed by atoms with Gasteiger partial charge in [0, 0.05) is 13.8 Å². The van der Waals surface area contributed by atoms with Crippen LogP contribution in [0.15, 0.2) is 24.5 Å². The third-order valence-corrected chi connectivity index (χ3v) is 4.49. The Morgan fingerprint density at radius 2 is 2.15 bits per heavy atom. The van der Waals surface area contributed by atoms with Crippen molar-refractivity contribution in [2.24, 2.45) is 0 Å². The van der Waals surface area contributed by atoms with Crippen molar-refractivity contribution in [2.75, 3.05) is 12.3 Å². The van der Waals surface area contributed by atoms with Gasteiger partial charge in [-0.3, -0.25) is 4.84 Å². The molecule has 0 bridgehead atoms. The third kappa shape index (κ3) is 3.73. The molecule has 0 saturated carbocycles. The van der Waals surface area contributed by atoms with Gasteiger partial charge < -0.3 is 10.5 Å². The molecule has 2 N–H and O–H groups in total. The van der Waals surface area contributed by atoms with E-state index in [0.29, 0.717) is 23.3 Å². The number of fused-ring (bicyclic) bond motifs is 1. The highest BCUT2D eigenvalue weighted by Crippen LogP contribution is 2.15. The number of nitrogens with zero attached hydrogens (tertiary/aromatic N) is 2. The van der Waals surface area contributed by atoms with E-state index in [1.807, 2.05) is 0 Å². The second kappa shape index (κ2) is 5.54. The summed E-state index contributed by atoms with van der Waals surface area (Å²) in [5.74, 6) is 0. The molecule has 0 unspecified atom stereocenters. The summed E-state index contributed by atoms with van der Waals surface area (Å²) < 4.78 is 6.33. The zero-order chi connectivity index (χ0) is 14.8. The number of nitrogens with two attached hydrogens (primary N) is 1. The average Bonchev–Trinajstić information content (AvgIpc) is 2.70. The number of carbonyl (C=O) groups is 1. The van der Waals surface area contributed by atoms with Crippen LogP contribution in [0.25, 0.3) is 11.0 Å². The average molecular weight is 293 g/mol. The monoisotopic (exact) mass is 293 g/mol. The van der Waals surface area contributed by atoms with Crippen LogP contribution in [0.5, 0.6) is 0 Å². The molecule has 6 nitrogen and oxygen atoms in total. The number of hydrogen-bond acceptors (Lipinski definition) is 5. The van der Waals surface area contributed by atoms with E-state index in [-0.39, 0.29) is 0 Å². The largest absolute Gasteiger partial charge is 0.533 e. The SMILES string of the molecule is C[Si](C)(C)CCOC(=O)On1cnc2ccc(N)cc21. The molecule has 0 aliphatic carbocycles. The van der Waals surface area contributed by atoms with E-state index in [1.54, 1.807) is 18.2 Å². The third-order valence-electron chi connectivity index (χ3n) is 2.78. The minimum absolute atomic E-state index is 0.378. The van der Waals surface area contributed by atoms with Gasteiger partial charge in [-0.2, -0.15) is 4.73 Å². The van der Waals surface area contributed by atoms with Gasteiger partial charge in [0.1, 0.15) is 11.8 Å². The lowest BCUT2D eigenvalue weighted by Gasteiger charge is -2.15. The van der Waals surface area contributed by atoms with E-state index in [9.17, 15) is 4.79 Å². The van der Waals surface area contributed by atoms with Crippen molar-refractivity contribution in [3.05, 3.63) is 24.5 Å². The molecule has 0 spiro atoms. The van der Waals surface area contributed by atoms with E-state index >= 15 is 0 Å². The van der Waals surface area contributed by atoms with Crippen molar-refractivity contribution in [1.29, 1.82) is 0 Å². The molecule has 1 heterocycles. The van der Waals surface area contributed by atoms with Gasteiger partial charge in [-0.1, -0.05) is 19.6 Å². The van der Waals surface area contributed by atoms with Gasteiger partial charge >= 0.3 is 6.16 Å². The second-order valence-corrected chi connectivity index (χ2v) is 11.4. The van der Waals surface area contributed by atoms with Crippen molar-refractivity contribution in [3.63, 3.8) is 0 Å². The number of ether oxygens (including phenoxy) is 1. The molecule has 0 aliphatic rings. The molecule has 0 amide bonds. The van der Waals surface area contributed by atoms with Crippen LogP contribution < -0.4 is 10.6 Å². The first-order chi connectivity index (χ1) is 9.35. The molecule has 20 heavy (non-hydrogen) atoms. The van der Waals surface area contributed by atoms with Crippen LogP contribution in [-0.2, 0) is 4.74 Å². The number of imidazole rings is 1. The van der Waals surface area contributed by atoms with E-state index in [2.05, 4.69) is 24.6 Å². The fourth-order valence-electron chi connectivity index (χ4n) is 1.62. The summed E-state index contributed by atoms with van der Waals surface area (Å²) in [6.07, 6.45) is 0.689.